The molecular formula is C47H48I2N12O4. The van der Waals surface area contributed by atoms with Gasteiger partial charge in [-0.3, -0.25) is 37.8 Å². The van der Waals surface area contributed by atoms with Crippen molar-refractivity contribution in [3.8, 4) is 0 Å². The number of imidazole rings is 2. The average molecular weight is 1100 g/mol. The first-order chi connectivity index (χ1) is 31.7. The van der Waals surface area contributed by atoms with Crippen molar-refractivity contribution >= 4 is 79.4 Å². The molecule has 8 aromatic rings. The molecule has 0 radical (unpaired) electrons. The van der Waals surface area contributed by atoms with Crippen LogP contribution in [0.15, 0.2) is 128 Å². The fourth-order valence-corrected chi connectivity index (χ4v) is 9.55. The van der Waals surface area contributed by atoms with Crippen molar-refractivity contribution in [1.82, 2.24) is 48.8 Å². The van der Waals surface area contributed by atoms with Gasteiger partial charge in [0.1, 0.15) is 0 Å². The summed E-state index contributed by atoms with van der Waals surface area (Å²) in [4.78, 5) is 71.0. The van der Waals surface area contributed by atoms with Crippen LogP contribution in [0.3, 0.4) is 0 Å². The van der Waals surface area contributed by atoms with Crippen molar-refractivity contribution in [2.45, 2.75) is 32.6 Å². The second kappa shape index (κ2) is 20.1. The molecule has 334 valence electrons. The Labute approximate surface area is 400 Å². The summed E-state index contributed by atoms with van der Waals surface area (Å²) in [5, 5.41) is 6.78. The molecule has 2 aliphatic heterocycles. The normalized spacial score (nSPS) is 14.4. The number of aromatic nitrogens is 8. The number of hydrogen-bond acceptors (Lipinski definition) is 10. The van der Waals surface area contributed by atoms with Gasteiger partial charge < -0.3 is 20.4 Å². The molecule has 2 fully saturated rings. The Hall–Kier alpha value is -5.84. The van der Waals surface area contributed by atoms with Gasteiger partial charge in [-0.15, -0.1) is 0 Å². The molecule has 0 bridgehead atoms. The van der Waals surface area contributed by atoms with Gasteiger partial charge in [-0.1, -0.05) is 97.1 Å². The van der Waals surface area contributed by atoms with E-state index in [2.05, 4.69) is 99.8 Å². The molecule has 0 spiro atoms. The van der Waals surface area contributed by atoms with E-state index in [4.69, 9.17) is 9.97 Å². The van der Waals surface area contributed by atoms with Gasteiger partial charge in [0.2, 0.25) is 11.9 Å². The summed E-state index contributed by atoms with van der Waals surface area (Å²) in [7, 11) is 0. The van der Waals surface area contributed by atoms with Crippen LogP contribution in [-0.4, -0.2) is 90.6 Å². The number of hydrogen-bond donors (Lipinski definition) is 4. The Morgan fingerprint density at radius 1 is 0.462 bits per heavy atom. The predicted octanol–water partition coefficient (Wildman–Crippen LogP) is 4.38. The second-order valence-electron chi connectivity index (χ2n) is 16.0. The molecule has 10 rings (SSSR count). The van der Waals surface area contributed by atoms with Crippen molar-refractivity contribution in [2.75, 3.05) is 62.2 Å². The summed E-state index contributed by atoms with van der Waals surface area (Å²) in [6, 6.07) is 35.7. The Kier molecular flexibility index (Phi) is 13.7. The highest BCUT2D eigenvalue weighted by molar-refractivity contribution is 14.1. The Morgan fingerprint density at radius 2 is 0.862 bits per heavy atom. The van der Waals surface area contributed by atoms with E-state index in [1.807, 2.05) is 94.1 Å². The van der Waals surface area contributed by atoms with E-state index in [9.17, 15) is 19.2 Å². The summed E-state index contributed by atoms with van der Waals surface area (Å²) in [5.74, 6) is 1.45. The summed E-state index contributed by atoms with van der Waals surface area (Å²) >= 11 is 4.63. The molecule has 6 heterocycles. The van der Waals surface area contributed by atoms with Gasteiger partial charge in [0.15, 0.2) is 22.3 Å². The third-order valence-corrected chi connectivity index (χ3v) is 13.8. The van der Waals surface area contributed by atoms with Crippen LogP contribution in [0.25, 0.3) is 22.3 Å². The molecule has 2 aliphatic rings. The standard InChI is InChI=1S/C24H25IN6O2.C23H23IN6O2/c25-19-10-5-4-9-18(19)16-30-20-21(27-23(30)29-13-6-11-26-12-14-29)31(24(33)28-22(20)32)15-17-7-2-1-3-8-17;24-18-9-5-4-8-17(18)15-29-19-20(26-22(29)28-12-10-25-11-13-28)30(23(32)27-21(19)31)14-16-6-2-1-3-7-16/h1-5,7-10,26H,6,11-16H2,(H,28,32,33);1-9,25H,10-15H2,(H,27,31,32). The highest BCUT2D eigenvalue weighted by Gasteiger charge is 2.26. The topological polar surface area (TPSA) is 176 Å². The maximum atomic E-state index is 13.1. The number of nitrogens with zero attached hydrogens (tertiary/aromatic N) is 8. The molecule has 4 aromatic heterocycles. The summed E-state index contributed by atoms with van der Waals surface area (Å²) in [5.41, 5.74) is 4.14. The first-order valence-corrected chi connectivity index (χ1v) is 23.8. The zero-order valence-corrected chi connectivity index (χ0v) is 39.9. The van der Waals surface area contributed by atoms with E-state index in [0.717, 1.165) is 100 Å². The van der Waals surface area contributed by atoms with Gasteiger partial charge in [-0.05, 0) is 92.5 Å². The van der Waals surface area contributed by atoms with E-state index in [0.29, 0.717) is 48.5 Å². The maximum Gasteiger partial charge on any atom is 0.330 e. The lowest BCUT2D eigenvalue weighted by molar-refractivity contribution is 0.571. The SMILES string of the molecule is O=c1[nH]c(=O)n(Cc2ccccc2)c2nc(N3CCCNCC3)n(Cc3ccccc3I)c12.O=c1[nH]c(=O)n(Cc2ccccc2)c2nc(N3CCNCC3)n(Cc3ccccc3I)c12. The van der Waals surface area contributed by atoms with Crippen molar-refractivity contribution in [1.29, 1.82) is 0 Å². The summed E-state index contributed by atoms with van der Waals surface area (Å²) in [6.45, 7) is 8.38. The van der Waals surface area contributed by atoms with Crippen molar-refractivity contribution in [3.05, 3.63) is 180 Å². The largest absolute Gasteiger partial charge is 0.341 e. The molecular weight excluding hydrogens is 1050 g/mol. The minimum absolute atomic E-state index is 0.341. The first kappa shape index (κ1) is 44.4. The van der Waals surface area contributed by atoms with E-state index in [1.165, 1.54) is 0 Å². The minimum Gasteiger partial charge on any atom is -0.341 e. The number of rotatable bonds is 10. The Morgan fingerprint density at radius 3 is 1.31 bits per heavy atom. The van der Waals surface area contributed by atoms with E-state index in [1.54, 1.807) is 9.13 Å². The zero-order valence-electron chi connectivity index (χ0n) is 35.6. The predicted molar refractivity (Wildman–Crippen MR) is 272 cm³/mol. The van der Waals surface area contributed by atoms with Gasteiger partial charge >= 0.3 is 11.4 Å². The monoisotopic (exact) mass is 1100 g/mol. The lowest BCUT2D eigenvalue weighted by Crippen LogP contribution is -2.44. The summed E-state index contributed by atoms with van der Waals surface area (Å²) in [6.07, 6.45) is 0.985. The molecule has 0 unspecified atom stereocenters. The molecule has 65 heavy (non-hydrogen) atoms. The molecule has 4 aromatic carbocycles. The van der Waals surface area contributed by atoms with Crippen LogP contribution < -0.4 is 42.9 Å². The van der Waals surface area contributed by atoms with Gasteiger partial charge in [0, 0.05) is 53.0 Å². The zero-order chi connectivity index (χ0) is 44.9. The van der Waals surface area contributed by atoms with Crippen molar-refractivity contribution < 1.29 is 0 Å². The van der Waals surface area contributed by atoms with Crippen LogP contribution in [0.4, 0.5) is 11.9 Å². The Balaban J connectivity index is 0.000000164. The van der Waals surface area contributed by atoms with E-state index < -0.39 is 22.5 Å². The third-order valence-electron chi connectivity index (χ3n) is 11.7. The summed E-state index contributed by atoms with van der Waals surface area (Å²) < 4.78 is 9.29. The smallest absolute Gasteiger partial charge is 0.330 e. The molecule has 0 amide bonds. The fraction of sp³-hybridized carbons (Fsp3) is 0.277. The van der Waals surface area contributed by atoms with Gasteiger partial charge in [0.05, 0.1) is 26.2 Å². The maximum absolute atomic E-state index is 13.1. The molecule has 0 aliphatic carbocycles. The van der Waals surface area contributed by atoms with Crippen LogP contribution in [0.1, 0.15) is 28.7 Å². The number of fused-ring (bicyclic) bond motifs is 2. The van der Waals surface area contributed by atoms with Crippen LogP contribution in [-0.2, 0) is 26.2 Å². The lowest BCUT2D eigenvalue weighted by atomic mass is 10.2. The number of nitrogens with one attached hydrogen (secondary N) is 4. The van der Waals surface area contributed by atoms with Crippen molar-refractivity contribution in [2.24, 2.45) is 0 Å². The van der Waals surface area contributed by atoms with Gasteiger partial charge in [-0.2, -0.15) is 9.97 Å². The molecule has 0 saturated carbocycles. The molecule has 2 saturated heterocycles. The average Bonchev–Trinajstić information content (AvgIpc) is 3.76. The number of piperazine rings is 1. The number of benzene rings is 4. The number of H-pyrrole nitrogens is 2. The highest BCUT2D eigenvalue weighted by Crippen LogP contribution is 2.26. The van der Waals surface area contributed by atoms with E-state index >= 15 is 0 Å². The number of anilines is 2. The van der Waals surface area contributed by atoms with Crippen LogP contribution in [0.2, 0.25) is 0 Å². The highest BCUT2D eigenvalue weighted by atomic mass is 127. The second-order valence-corrected chi connectivity index (χ2v) is 18.3. The van der Waals surface area contributed by atoms with Crippen LogP contribution >= 0.6 is 45.2 Å². The number of aromatic amines is 2. The quantitative estimate of drug-likeness (QED) is 0.144. The fourth-order valence-electron chi connectivity index (χ4n) is 8.43. The van der Waals surface area contributed by atoms with E-state index in [-0.39, 0.29) is 0 Å². The molecule has 16 nitrogen and oxygen atoms in total. The first-order valence-electron chi connectivity index (χ1n) is 21.7. The minimum atomic E-state index is -0.447. The van der Waals surface area contributed by atoms with Crippen LogP contribution in [0.5, 0.6) is 0 Å². The molecule has 18 heteroatoms. The third kappa shape index (κ3) is 9.75. The van der Waals surface area contributed by atoms with Crippen LogP contribution in [0, 0.1) is 7.14 Å². The Bertz CT molecular complexity index is 3180. The van der Waals surface area contributed by atoms with Gasteiger partial charge in [0.25, 0.3) is 11.1 Å². The molecule has 4 N–H and O–H groups in total. The lowest BCUT2D eigenvalue weighted by Gasteiger charge is -2.28. The van der Waals surface area contributed by atoms with Crippen molar-refractivity contribution in [3.63, 3.8) is 0 Å². The number of halogens is 2. The molecule has 0 atom stereocenters. The van der Waals surface area contributed by atoms with Gasteiger partial charge in [-0.25, -0.2) is 9.59 Å².